The van der Waals surface area contributed by atoms with E-state index in [0.717, 1.165) is 12.1 Å². The smallest absolute Gasteiger partial charge is 0.274 e. The molecule has 104 valence electrons. The summed E-state index contributed by atoms with van der Waals surface area (Å²) in [6.45, 7) is 1.67. The maximum atomic E-state index is 13.3. The average Bonchev–Trinajstić information content (AvgIpc) is 2.35. The minimum absolute atomic E-state index is 0.221. The second kappa shape index (κ2) is 5.54. The van der Waals surface area contributed by atoms with Crippen molar-refractivity contribution in [1.82, 2.24) is 0 Å². The van der Waals surface area contributed by atoms with E-state index in [2.05, 4.69) is 21.2 Å². The van der Waals surface area contributed by atoms with Crippen LogP contribution in [0.3, 0.4) is 0 Å². The van der Waals surface area contributed by atoms with Gasteiger partial charge in [0.15, 0.2) is 0 Å². The van der Waals surface area contributed by atoms with E-state index in [1.807, 2.05) is 0 Å². The van der Waals surface area contributed by atoms with Crippen molar-refractivity contribution in [3.05, 3.63) is 62.1 Å². The number of aryl methyl sites for hydroxylation is 1. The van der Waals surface area contributed by atoms with Crippen molar-refractivity contribution in [3.8, 4) is 0 Å². The van der Waals surface area contributed by atoms with Crippen molar-refractivity contribution < 1.29 is 13.7 Å². The molecule has 0 fully saturated rings. The van der Waals surface area contributed by atoms with Crippen LogP contribution in [0.2, 0.25) is 0 Å². The molecule has 20 heavy (non-hydrogen) atoms. The molecule has 0 spiro atoms. The first-order chi connectivity index (χ1) is 9.36. The van der Waals surface area contributed by atoms with Gasteiger partial charge in [-0.05, 0) is 46.6 Å². The molecule has 0 saturated heterocycles. The van der Waals surface area contributed by atoms with Gasteiger partial charge in [0.2, 0.25) is 0 Å². The topological polar surface area (TPSA) is 55.2 Å². The summed E-state index contributed by atoms with van der Waals surface area (Å²) < 4.78 is 26.9. The largest absolute Gasteiger partial charge is 0.355 e. The zero-order chi connectivity index (χ0) is 14.9. The van der Waals surface area contributed by atoms with E-state index in [9.17, 15) is 18.9 Å². The molecule has 0 aliphatic rings. The highest BCUT2D eigenvalue weighted by Gasteiger charge is 2.11. The van der Waals surface area contributed by atoms with Gasteiger partial charge in [0, 0.05) is 17.4 Å². The monoisotopic (exact) mass is 342 g/mol. The molecule has 0 bridgehead atoms. The van der Waals surface area contributed by atoms with Crippen molar-refractivity contribution in [3.63, 3.8) is 0 Å². The van der Waals surface area contributed by atoms with Crippen molar-refractivity contribution in [2.75, 3.05) is 5.32 Å². The quantitative estimate of drug-likeness (QED) is 0.650. The number of nitrogens with zero attached hydrogens (tertiary/aromatic N) is 1. The fraction of sp³-hybridized carbons (Fsp3) is 0.0769. The van der Waals surface area contributed by atoms with Gasteiger partial charge in [-0.15, -0.1) is 0 Å². The lowest BCUT2D eigenvalue weighted by Gasteiger charge is -2.10. The highest BCUT2D eigenvalue weighted by atomic mass is 79.9. The van der Waals surface area contributed by atoms with Gasteiger partial charge < -0.3 is 5.32 Å². The molecule has 7 heteroatoms. The lowest BCUT2D eigenvalue weighted by molar-refractivity contribution is -0.385. The van der Waals surface area contributed by atoms with Crippen molar-refractivity contribution in [2.45, 2.75) is 6.92 Å². The molecule has 0 aromatic heterocycles. The lowest BCUT2D eigenvalue weighted by Crippen LogP contribution is -1.97. The third kappa shape index (κ3) is 3.11. The number of hydrogen-bond donors (Lipinski definition) is 1. The Morgan fingerprint density at radius 3 is 2.55 bits per heavy atom. The summed E-state index contributed by atoms with van der Waals surface area (Å²) in [5.74, 6) is -1.14. The predicted octanol–water partition coefficient (Wildman–Crippen LogP) is 4.69. The average molecular weight is 343 g/mol. The normalized spacial score (nSPS) is 10.4. The Bertz CT molecular complexity index is 692. The number of nitro benzene ring substituents is 1. The molecule has 2 aromatic rings. The number of hydrogen-bond acceptors (Lipinski definition) is 3. The predicted molar refractivity (Wildman–Crippen MR) is 75.2 cm³/mol. The molecule has 0 aliphatic carbocycles. The maximum Gasteiger partial charge on any atom is 0.274 e. The summed E-state index contributed by atoms with van der Waals surface area (Å²) in [7, 11) is 0. The Hall–Kier alpha value is -2.02. The number of rotatable bonds is 3. The second-order valence-electron chi connectivity index (χ2n) is 4.16. The van der Waals surface area contributed by atoms with E-state index in [1.165, 1.54) is 18.2 Å². The number of halogens is 3. The van der Waals surface area contributed by atoms with Gasteiger partial charge in [-0.2, -0.15) is 0 Å². The van der Waals surface area contributed by atoms with Crippen LogP contribution in [-0.4, -0.2) is 4.92 Å². The van der Waals surface area contributed by atoms with E-state index in [-0.39, 0.29) is 15.8 Å². The molecule has 2 rings (SSSR count). The first kappa shape index (κ1) is 14.4. The summed E-state index contributed by atoms with van der Waals surface area (Å²) in [5, 5.41) is 13.5. The van der Waals surface area contributed by atoms with Crippen molar-refractivity contribution in [2.24, 2.45) is 0 Å². The molecule has 0 amide bonds. The van der Waals surface area contributed by atoms with Crippen molar-refractivity contribution >= 4 is 33.0 Å². The molecule has 1 N–H and O–H groups in total. The van der Waals surface area contributed by atoms with Crippen molar-refractivity contribution in [1.29, 1.82) is 0 Å². The summed E-state index contributed by atoms with van der Waals surface area (Å²) in [4.78, 5) is 10.00. The Balaban J connectivity index is 2.40. The third-order valence-electron chi connectivity index (χ3n) is 2.64. The fourth-order valence-electron chi connectivity index (χ4n) is 1.69. The highest BCUT2D eigenvalue weighted by Crippen LogP contribution is 2.28. The van der Waals surface area contributed by atoms with E-state index in [0.29, 0.717) is 11.3 Å². The first-order valence-corrected chi connectivity index (χ1v) is 6.34. The van der Waals surface area contributed by atoms with Crippen LogP contribution in [0.15, 0.2) is 34.8 Å². The van der Waals surface area contributed by atoms with E-state index in [4.69, 9.17) is 0 Å². The number of nitrogens with one attached hydrogen (secondary N) is 1. The van der Waals surface area contributed by atoms with Crippen LogP contribution >= 0.6 is 15.9 Å². The van der Waals surface area contributed by atoms with E-state index in [1.54, 1.807) is 6.92 Å². The Kier molecular flexibility index (Phi) is 3.99. The maximum absolute atomic E-state index is 13.3. The molecule has 0 radical (unpaired) electrons. The van der Waals surface area contributed by atoms with E-state index < -0.39 is 16.6 Å². The van der Waals surface area contributed by atoms with Crippen LogP contribution in [0, 0.1) is 28.7 Å². The third-order valence-corrected chi connectivity index (χ3v) is 3.25. The second-order valence-corrected chi connectivity index (χ2v) is 5.02. The minimum Gasteiger partial charge on any atom is -0.355 e. The van der Waals surface area contributed by atoms with Crippen LogP contribution in [0.25, 0.3) is 0 Å². The molecule has 0 heterocycles. The zero-order valence-electron chi connectivity index (χ0n) is 10.3. The van der Waals surface area contributed by atoms with Gasteiger partial charge in [0.1, 0.15) is 11.6 Å². The van der Waals surface area contributed by atoms with Gasteiger partial charge in [-0.25, -0.2) is 8.78 Å². The Morgan fingerprint density at radius 1 is 1.20 bits per heavy atom. The number of non-ortho nitro benzene ring substituents is 1. The highest BCUT2D eigenvalue weighted by molar-refractivity contribution is 9.10. The van der Waals surface area contributed by atoms with Crippen LogP contribution in [0.5, 0.6) is 0 Å². The molecule has 0 aliphatic heterocycles. The molecule has 4 nitrogen and oxygen atoms in total. The SMILES string of the molecule is Cc1cc(F)c(Br)cc1Nc1cc(F)cc([N+](=O)[O-])c1. The summed E-state index contributed by atoms with van der Waals surface area (Å²) >= 11 is 3.05. The van der Waals surface area contributed by atoms with Crippen LogP contribution in [0.1, 0.15) is 5.56 Å². The number of nitro groups is 1. The molecular weight excluding hydrogens is 334 g/mol. The molecule has 2 aromatic carbocycles. The first-order valence-electron chi connectivity index (χ1n) is 5.54. The number of benzene rings is 2. The number of anilines is 2. The zero-order valence-corrected chi connectivity index (χ0v) is 11.9. The summed E-state index contributed by atoms with van der Waals surface area (Å²) in [6, 6.07) is 5.96. The molecule has 0 saturated carbocycles. The van der Waals surface area contributed by atoms with Gasteiger partial charge in [-0.1, -0.05) is 0 Å². The Morgan fingerprint density at radius 2 is 1.90 bits per heavy atom. The van der Waals surface area contributed by atoms with Crippen LogP contribution < -0.4 is 5.32 Å². The molecule has 0 atom stereocenters. The van der Waals surface area contributed by atoms with Gasteiger partial charge in [0.05, 0.1) is 15.5 Å². The van der Waals surface area contributed by atoms with Crippen LogP contribution in [0.4, 0.5) is 25.8 Å². The van der Waals surface area contributed by atoms with Crippen LogP contribution in [-0.2, 0) is 0 Å². The standard InChI is InChI=1S/C13H9BrF2N2O2/c1-7-2-12(16)11(14)6-13(7)17-9-3-8(15)4-10(5-9)18(19)20/h2-6,17H,1H3. The molecular formula is C13H9BrF2N2O2. The summed E-state index contributed by atoms with van der Waals surface area (Å²) in [5.41, 5.74) is 0.987. The van der Waals surface area contributed by atoms with E-state index >= 15 is 0 Å². The van der Waals surface area contributed by atoms with Gasteiger partial charge >= 0.3 is 0 Å². The van der Waals surface area contributed by atoms with Gasteiger partial charge in [-0.3, -0.25) is 10.1 Å². The molecule has 0 unspecified atom stereocenters. The Labute approximate surface area is 121 Å². The lowest BCUT2D eigenvalue weighted by atomic mass is 10.2. The summed E-state index contributed by atoms with van der Waals surface area (Å²) in [6.07, 6.45) is 0. The minimum atomic E-state index is -0.722. The fourth-order valence-corrected chi connectivity index (χ4v) is 2.03. The van der Waals surface area contributed by atoms with Gasteiger partial charge in [0.25, 0.3) is 5.69 Å².